The number of anilines is 1. The van der Waals surface area contributed by atoms with Gasteiger partial charge in [0.25, 0.3) is 11.8 Å². The summed E-state index contributed by atoms with van der Waals surface area (Å²) in [5, 5.41) is 3.19. The third kappa shape index (κ3) is 4.96. The highest BCUT2D eigenvalue weighted by Crippen LogP contribution is 2.35. The number of nitrogens with zero attached hydrogens (tertiary/aromatic N) is 4. The molecule has 216 valence electrons. The second kappa shape index (κ2) is 11.0. The second-order valence-electron chi connectivity index (χ2n) is 11.3. The van der Waals surface area contributed by atoms with Crippen molar-refractivity contribution in [3.8, 4) is 5.75 Å². The fourth-order valence-corrected chi connectivity index (χ4v) is 7.20. The van der Waals surface area contributed by atoms with Crippen LogP contribution in [-0.4, -0.2) is 70.7 Å². The van der Waals surface area contributed by atoms with Gasteiger partial charge in [-0.1, -0.05) is 18.2 Å². The molecule has 5 heterocycles. The molecule has 4 aliphatic rings. The van der Waals surface area contributed by atoms with E-state index in [9.17, 15) is 19.2 Å². The smallest absolute Gasteiger partial charge is 0.262 e. The van der Waals surface area contributed by atoms with Crippen LogP contribution < -0.4 is 15.0 Å². The van der Waals surface area contributed by atoms with E-state index in [4.69, 9.17) is 4.74 Å². The molecule has 2 fully saturated rings. The summed E-state index contributed by atoms with van der Waals surface area (Å²) in [5.74, 6) is 0.155. The van der Waals surface area contributed by atoms with Gasteiger partial charge in [-0.2, -0.15) is 0 Å². The first-order valence-electron chi connectivity index (χ1n) is 14.4. The molecule has 0 spiro atoms. The fourth-order valence-electron chi connectivity index (χ4n) is 6.55. The quantitative estimate of drug-likeness (QED) is 0.457. The van der Waals surface area contributed by atoms with Crippen molar-refractivity contribution in [2.24, 2.45) is 0 Å². The van der Waals surface area contributed by atoms with Gasteiger partial charge >= 0.3 is 0 Å². The number of ether oxygens (including phenoxy) is 1. The minimum absolute atomic E-state index is 0.0569. The Morgan fingerprint density at radius 3 is 2.60 bits per heavy atom. The van der Waals surface area contributed by atoms with Crippen LogP contribution in [-0.2, 0) is 22.7 Å². The lowest BCUT2D eigenvalue weighted by molar-refractivity contribution is -0.136. The van der Waals surface area contributed by atoms with Gasteiger partial charge in [0.1, 0.15) is 23.4 Å². The summed E-state index contributed by atoms with van der Waals surface area (Å²) in [6.07, 6.45) is 4.33. The summed E-state index contributed by atoms with van der Waals surface area (Å²) < 4.78 is 5.89. The summed E-state index contributed by atoms with van der Waals surface area (Å²) in [7, 11) is 0. The second-order valence-corrected chi connectivity index (χ2v) is 12.2. The van der Waals surface area contributed by atoms with Crippen molar-refractivity contribution in [3.63, 3.8) is 0 Å². The summed E-state index contributed by atoms with van der Waals surface area (Å²) in [5.41, 5.74) is 6.23. The van der Waals surface area contributed by atoms with E-state index in [1.54, 1.807) is 21.5 Å². The molecule has 2 saturated heterocycles. The van der Waals surface area contributed by atoms with E-state index in [0.717, 1.165) is 48.6 Å². The van der Waals surface area contributed by atoms with Crippen LogP contribution in [0.15, 0.2) is 48.1 Å². The van der Waals surface area contributed by atoms with Crippen LogP contribution in [0.3, 0.4) is 0 Å². The first-order chi connectivity index (χ1) is 20.4. The number of thiazole rings is 1. The SMILES string of the molecule is O=C1CCC(N2Cc3cc(C4CCN(Cc5ccc6c(c5)C(=O)N(c5cncs5)CCO6)CC4)ccc3C2=O)C(=O)N1. The number of hydrogen-bond acceptors (Lipinski definition) is 8. The van der Waals surface area contributed by atoms with Gasteiger partial charge in [0.2, 0.25) is 11.8 Å². The average Bonchev–Trinajstić information content (AvgIpc) is 3.60. The van der Waals surface area contributed by atoms with Crippen LogP contribution >= 0.6 is 11.3 Å². The van der Waals surface area contributed by atoms with Crippen LogP contribution in [0, 0.1) is 0 Å². The van der Waals surface area contributed by atoms with E-state index in [1.807, 2.05) is 24.3 Å². The maximum atomic E-state index is 13.4. The number of rotatable bonds is 5. The molecule has 1 aromatic heterocycles. The zero-order chi connectivity index (χ0) is 28.8. The number of hydrogen-bond donors (Lipinski definition) is 1. The number of carbonyl (C=O) groups excluding carboxylic acids is 4. The normalized spacial score (nSPS) is 21.6. The summed E-state index contributed by atoms with van der Waals surface area (Å²) in [6.45, 7) is 3.94. The molecule has 11 heteroatoms. The number of amides is 4. The molecule has 4 aliphatic heterocycles. The van der Waals surface area contributed by atoms with E-state index in [-0.39, 0.29) is 30.0 Å². The minimum atomic E-state index is -0.597. The highest BCUT2D eigenvalue weighted by atomic mass is 32.1. The molecule has 10 nitrogen and oxygen atoms in total. The number of nitrogens with one attached hydrogen (secondary N) is 1. The number of imide groups is 1. The Hall–Kier alpha value is -4.09. The van der Waals surface area contributed by atoms with Crippen LogP contribution in [0.2, 0.25) is 0 Å². The lowest BCUT2D eigenvalue weighted by atomic mass is 9.87. The lowest BCUT2D eigenvalue weighted by Crippen LogP contribution is -2.52. The number of likely N-dealkylation sites (tertiary alicyclic amines) is 1. The predicted molar refractivity (Wildman–Crippen MR) is 155 cm³/mol. The van der Waals surface area contributed by atoms with Crippen molar-refractivity contribution < 1.29 is 23.9 Å². The van der Waals surface area contributed by atoms with Crippen LogP contribution in [0.25, 0.3) is 0 Å². The summed E-state index contributed by atoms with van der Waals surface area (Å²) in [4.78, 5) is 60.2. The molecule has 1 atom stereocenters. The van der Waals surface area contributed by atoms with Crippen LogP contribution in [0.4, 0.5) is 5.00 Å². The Bertz CT molecular complexity index is 1570. The number of benzene rings is 2. The van der Waals surface area contributed by atoms with Crippen molar-refractivity contribution in [1.29, 1.82) is 0 Å². The monoisotopic (exact) mass is 585 g/mol. The zero-order valence-electron chi connectivity index (χ0n) is 23.1. The van der Waals surface area contributed by atoms with Gasteiger partial charge in [-0.15, -0.1) is 11.3 Å². The Kier molecular flexibility index (Phi) is 6.99. The molecular formula is C31H31N5O5S. The molecule has 2 aromatic carbocycles. The Labute approximate surface area is 247 Å². The van der Waals surface area contributed by atoms with Crippen molar-refractivity contribution in [2.45, 2.75) is 50.7 Å². The van der Waals surface area contributed by atoms with Crippen LogP contribution in [0.1, 0.15) is 69.0 Å². The first kappa shape index (κ1) is 26.8. The van der Waals surface area contributed by atoms with Crippen molar-refractivity contribution >= 4 is 40.0 Å². The molecule has 42 heavy (non-hydrogen) atoms. The van der Waals surface area contributed by atoms with Gasteiger partial charge in [-0.25, -0.2) is 0 Å². The largest absolute Gasteiger partial charge is 0.491 e. The Morgan fingerprint density at radius 1 is 0.952 bits per heavy atom. The van der Waals surface area contributed by atoms with Gasteiger partial charge in [0.05, 0.1) is 23.8 Å². The zero-order valence-corrected chi connectivity index (χ0v) is 23.9. The third-order valence-electron chi connectivity index (χ3n) is 8.79. The maximum absolute atomic E-state index is 13.4. The molecule has 0 bridgehead atoms. The predicted octanol–water partition coefficient (Wildman–Crippen LogP) is 3.32. The highest BCUT2D eigenvalue weighted by Gasteiger charge is 2.39. The van der Waals surface area contributed by atoms with Gasteiger partial charge in [-0.05, 0) is 73.2 Å². The molecule has 1 N–H and O–H groups in total. The van der Waals surface area contributed by atoms with Gasteiger partial charge in [-0.3, -0.25) is 39.3 Å². The summed E-state index contributed by atoms with van der Waals surface area (Å²) >= 11 is 1.45. The standard InChI is InChI=1S/C31H31N5O5S/c37-27-6-4-25(29(38)33-27)36-17-22-14-21(2-3-23(22)30(36)39)20-7-9-34(10-8-20)16-19-1-5-26-24(13-19)31(40)35(11-12-41-26)28-15-32-18-42-28/h1-3,5,13-15,18,20,25H,4,6-12,16-17H2,(H,33,37,38). The van der Waals surface area contributed by atoms with E-state index in [0.29, 0.717) is 48.9 Å². The van der Waals surface area contributed by atoms with E-state index < -0.39 is 6.04 Å². The van der Waals surface area contributed by atoms with E-state index in [2.05, 4.69) is 27.3 Å². The third-order valence-corrected chi connectivity index (χ3v) is 9.58. The van der Waals surface area contributed by atoms with Crippen molar-refractivity contribution in [2.75, 3.05) is 31.1 Å². The molecular weight excluding hydrogens is 554 g/mol. The van der Waals surface area contributed by atoms with Gasteiger partial charge in [0.15, 0.2) is 0 Å². The van der Waals surface area contributed by atoms with Gasteiger partial charge in [0, 0.05) is 25.1 Å². The van der Waals surface area contributed by atoms with Crippen LogP contribution in [0.5, 0.6) is 5.75 Å². The maximum Gasteiger partial charge on any atom is 0.262 e. The molecule has 4 amide bonds. The number of fused-ring (bicyclic) bond motifs is 2. The summed E-state index contributed by atoms with van der Waals surface area (Å²) in [6, 6.07) is 11.4. The van der Waals surface area contributed by atoms with Gasteiger partial charge < -0.3 is 9.64 Å². The molecule has 0 aliphatic carbocycles. The topological polar surface area (TPSA) is 112 Å². The Balaban J connectivity index is 0.989. The molecule has 7 rings (SSSR count). The molecule has 0 saturated carbocycles. The number of carbonyl (C=O) groups is 4. The Morgan fingerprint density at radius 2 is 1.81 bits per heavy atom. The fraction of sp³-hybridized carbons (Fsp3) is 0.387. The lowest BCUT2D eigenvalue weighted by Gasteiger charge is -2.32. The number of piperidine rings is 2. The van der Waals surface area contributed by atoms with Crippen molar-refractivity contribution in [1.82, 2.24) is 20.1 Å². The van der Waals surface area contributed by atoms with Crippen molar-refractivity contribution in [3.05, 3.63) is 75.9 Å². The first-order valence-corrected chi connectivity index (χ1v) is 15.3. The molecule has 0 radical (unpaired) electrons. The molecule has 3 aromatic rings. The van der Waals surface area contributed by atoms with E-state index in [1.165, 1.54) is 16.9 Å². The minimum Gasteiger partial charge on any atom is -0.491 e. The highest BCUT2D eigenvalue weighted by molar-refractivity contribution is 7.14. The average molecular weight is 586 g/mol. The molecule has 1 unspecified atom stereocenters. The van der Waals surface area contributed by atoms with E-state index >= 15 is 0 Å². The number of aromatic nitrogens is 1.